The fraction of sp³-hybridized carbons (Fsp3) is 0.0938. The fourth-order valence-corrected chi connectivity index (χ4v) is 5.77. The number of ether oxygens (including phenoxy) is 1. The molecule has 5 aromatic rings. The van der Waals surface area contributed by atoms with Gasteiger partial charge in [-0.1, -0.05) is 42.5 Å². The Labute approximate surface area is 245 Å². The molecule has 1 aromatic heterocycles. The van der Waals surface area contributed by atoms with Crippen molar-refractivity contribution in [2.45, 2.75) is 17.1 Å². The van der Waals surface area contributed by atoms with Crippen molar-refractivity contribution in [3.05, 3.63) is 125 Å². The number of thioether (sulfide) groups is 1. The fourth-order valence-electron chi connectivity index (χ4n) is 4.02. The molecule has 9 heteroatoms. The third kappa shape index (κ3) is 7.19. The highest BCUT2D eigenvalue weighted by Gasteiger charge is 2.23. The molecule has 0 fully saturated rings. The number of hydrogen-bond donors (Lipinski definition) is 2. The van der Waals surface area contributed by atoms with Crippen molar-refractivity contribution in [2.75, 3.05) is 17.2 Å². The first kappa shape index (κ1) is 28.1. The van der Waals surface area contributed by atoms with Crippen molar-refractivity contribution in [3.8, 4) is 17.0 Å². The van der Waals surface area contributed by atoms with Crippen LogP contribution in [-0.4, -0.2) is 23.4 Å². The zero-order valence-electron chi connectivity index (χ0n) is 22.0. The Morgan fingerprint density at radius 2 is 1.61 bits per heavy atom. The van der Waals surface area contributed by atoms with Crippen LogP contribution in [0.15, 0.2) is 113 Å². The summed E-state index contributed by atoms with van der Waals surface area (Å²) in [4.78, 5) is 31.4. The van der Waals surface area contributed by atoms with Gasteiger partial charge in [0.1, 0.15) is 16.8 Å². The highest BCUT2D eigenvalue weighted by Crippen LogP contribution is 2.37. The van der Waals surface area contributed by atoms with Gasteiger partial charge in [-0.3, -0.25) is 9.59 Å². The summed E-state index contributed by atoms with van der Waals surface area (Å²) >= 11 is 2.75. The van der Waals surface area contributed by atoms with E-state index in [9.17, 15) is 14.0 Å². The number of carbonyl (C=O) groups excluding carboxylic acids is 2. The van der Waals surface area contributed by atoms with Crippen molar-refractivity contribution >= 4 is 45.7 Å². The van der Waals surface area contributed by atoms with Gasteiger partial charge in [-0.05, 0) is 73.2 Å². The molecule has 206 valence electrons. The Morgan fingerprint density at radius 3 is 2.32 bits per heavy atom. The third-order valence-electron chi connectivity index (χ3n) is 6.02. The highest BCUT2D eigenvalue weighted by atomic mass is 32.2. The summed E-state index contributed by atoms with van der Waals surface area (Å²) in [5.41, 5.74) is 3.04. The van der Waals surface area contributed by atoms with Gasteiger partial charge in [-0.2, -0.15) is 0 Å². The molecule has 2 N–H and O–H groups in total. The number of hydrogen-bond acceptors (Lipinski definition) is 6. The second-order valence-corrected chi connectivity index (χ2v) is 10.9. The molecule has 4 aromatic carbocycles. The zero-order chi connectivity index (χ0) is 28.6. The van der Waals surface area contributed by atoms with E-state index in [0.717, 1.165) is 27.5 Å². The van der Waals surface area contributed by atoms with E-state index in [2.05, 4.69) is 15.6 Å². The quantitative estimate of drug-likeness (QED) is 0.163. The Morgan fingerprint density at radius 1 is 0.902 bits per heavy atom. The van der Waals surface area contributed by atoms with Gasteiger partial charge in [0.15, 0.2) is 5.13 Å². The summed E-state index contributed by atoms with van der Waals surface area (Å²) in [6, 6.07) is 30.1. The van der Waals surface area contributed by atoms with Gasteiger partial charge in [0.25, 0.3) is 5.91 Å². The van der Waals surface area contributed by atoms with Crippen molar-refractivity contribution < 1.29 is 18.7 Å². The topological polar surface area (TPSA) is 80.3 Å². The first-order chi connectivity index (χ1) is 20.0. The maximum atomic E-state index is 14.0. The lowest BCUT2D eigenvalue weighted by Gasteiger charge is -2.16. The molecule has 5 rings (SSSR count). The first-order valence-electron chi connectivity index (χ1n) is 12.9. The lowest BCUT2D eigenvalue weighted by Crippen LogP contribution is -2.19. The number of benzene rings is 4. The predicted molar refractivity (Wildman–Crippen MR) is 163 cm³/mol. The third-order valence-corrected chi connectivity index (χ3v) is 8.04. The number of nitrogens with one attached hydrogen (secondary N) is 2. The normalized spacial score (nSPS) is 11.5. The van der Waals surface area contributed by atoms with E-state index in [1.54, 1.807) is 18.2 Å². The van der Waals surface area contributed by atoms with Crippen LogP contribution in [0.4, 0.5) is 15.2 Å². The first-order valence-corrected chi connectivity index (χ1v) is 14.6. The second kappa shape index (κ2) is 13.3. The molecule has 41 heavy (non-hydrogen) atoms. The van der Waals surface area contributed by atoms with Crippen molar-refractivity contribution in [2.24, 2.45) is 0 Å². The van der Waals surface area contributed by atoms with Crippen molar-refractivity contribution in [1.82, 2.24) is 4.98 Å². The number of anilines is 2. The molecule has 0 radical (unpaired) electrons. The molecule has 0 bridgehead atoms. The number of thiazole rings is 1. The number of rotatable bonds is 10. The summed E-state index contributed by atoms with van der Waals surface area (Å²) < 4.78 is 19.5. The SMILES string of the molecule is CCOc1ccc(-c2csc(NC(=O)C(Sc3ccc(NC(=O)c4ccccc4F)cc3)c3ccccc3)n2)cc1. The van der Waals surface area contributed by atoms with Crippen LogP contribution in [0, 0.1) is 5.82 Å². The molecule has 0 saturated carbocycles. The Hall–Kier alpha value is -4.47. The summed E-state index contributed by atoms with van der Waals surface area (Å²) in [5, 5.41) is 7.55. The monoisotopic (exact) mass is 583 g/mol. The molecule has 0 aliphatic carbocycles. The Balaban J connectivity index is 1.28. The summed E-state index contributed by atoms with van der Waals surface area (Å²) in [5.74, 6) is -0.521. The van der Waals surface area contributed by atoms with E-state index in [0.29, 0.717) is 17.4 Å². The van der Waals surface area contributed by atoms with Gasteiger partial charge in [0, 0.05) is 21.5 Å². The maximum Gasteiger partial charge on any atom is 0.258 e. The van der Waals surface area contributed by atoms with E-state index in [4.69, 9.17) is 4.74 Å². The molecular weight excluding hydrogens is 558 g/mol. The largest absolute Gasteiger partial charge is 0.494 e. The zero-order valence-corrected chi connectivity index (χ0v) is 23.7. The second-order valence-electron chi connectivity index (χ2n) is 8.85. The minimum absolute atomic E-state index is 0.0281. The van der Waals surface area contributed by atoms with Crippen LogP contribution in [0.5, 0.6) is 5.75 Å². The van der Waals surface area contributed by atoms with Crippen LogP contribution in [0.2, 0.25) is 0 Å². The molecule has 0 spiro atoms. The number of carbonyl (C=O) groups is 2. The van der Waals surface area contributed by atoms with E-state index < -0.39 is 17.0 Å². The van der Waals surface area contributed by atoms with Crippen LogP contribution in [-0.2, 0) is 4.79 Å². The van der Waals surface area contributed by atoms with E-state index in [1.165, 1.54) is 41.3 Å². The van der Waals surface area contributed by atoms with Crippen LogP contribution < -0.4 is 15.4 Å². The predicted octanol–water partition coefficient (Wildman–Crippen LogP) is 8.07. The number of halogens is 1. The van der Waals surface area contributed by atoms with Crippen molar-refractivity contribution in [3.63, 3.8) is 0 Å². The lowest BCUT2D eigenvalue weighted by molar-refractivity contribution is -0.115. The summed E-state index contributed by atoms with van der Waals surface area (Å²) in [6.07, 6.45) is 0. The maximum absolute atomic E-state index is 14.0. The summed E-state index contributed by atoms with van der Waals surface area (Å²) in [7, 11) is 0. The Bertz CT molecular complexity index is 1620. The molecule has 0 aliphatic heterocycles. The standard InChI is InChI=1S/C32H26FN3O3S2/c1-2-39-24-16-12-21(13-17-24)28-20-40-32(35-28)36-31(38)29(22-8-4-3-5-9-22)41-25-18-14-23(15-19-25)34-30(37)26-10-6-7-11-27(26)33/h3-20,29H,2H2,1H3,(H,34,37)(H,35,36,38). The van der Waals surface area contributed by atoms with E-state index in [1.807, 2.05) is 79.0 Å². The van der Waals surface area contributed by atoms with Gasteiger partial charge in [-0.25, -0.2) is 9.37 Å². The lowest BCUT2D eigenvalue weighted by atomic mass is 10.1. The van der Waals surface area contributed by atoms with E-state index in [-0.39, 0.29) is 11.5 Å². The van der Waals surface area contributed by atoms with Crippen LogP contribution >= 0.6 is 23.1 Å². The van der Waals surface area contributed by atoms with Gasteiger partial charge in [0.2, 0.25) is 5.91 Å². The minimum atomic E-state index is -0.583. The molecule has 2 amide bonds. The van der Waals surface area contributed by atoms with Crippen molar-refractivity contribution in [1.29, 1.82) is 0 Å². The van der Waals surface area contributed by atoms with Crippen LogP contribution in [0.25, 0.3) is 11.3 Å². The molecular formula is C32H26FN3O3S2. The molecule has 1 atom stereocenters. The van der Waals surface area contributed by atoms with E-state index >= 15 is 0 Å². The number of amides is 2. The molecule has 6 nitrogen and oxygen atoms in total. The van der Waals surface area contributed by atoms with Crippen LogP contribution in [0.1, 0.15) is 28.1 Å². The number of aromatic nitrogens is 1. The van der Waals surface area contributed by atoms with Gasteiger partial charge >= 0.3 is 0 Å². The molecule has 0 saturated heterocycles. The number of nitrogens with zero attached hydrogens (tertiary/aromatic N) is 1. The summed E-state index contributed by atoms with van der Waals surface area (Å²) in [6.45, 7) is 2.54. The molecule has 1 heterocycles. The van der Waals surface area contributed by atoms with Gasteiger partial charge in [-0.15, -0.1) is 23.1 Å². The van der Waals surface area contributed by atoms with Gasteiger partial charge in [0.05, 0.1) is 17.9 Å². The average molecular weight is 584 g/mol. The molecule has 0 aliphatic rings. The van der Waals surface area contributed by atoms with Gasteiger partial charge < -0.3 is 15.4 Å². The smallest absolute Gasteiger partial charge is 0.258 e. The Kier molecular flexibility index (Phi) is 9.08. The highest BCUT2D eigenvalue weighted by molar-refractivity contribution is 8.00. The average Bonchev–Trinajstić information content (AvgIpc) is 3.46. The molecule has 1 unspecified atom stereocenters. The minimum Gasteiger partial charge on any atom is -0.494 e. The van der Waals surface area contributed by atoms with Crippen LogP contribution in [0.3, 0.4) is 0 Å².